The molecule has 128 valence electrons. The summed E-state index contributed by atoms with van der Waals surface area (Å²) in [5.41, 5.74) is 2.80. The zero-order valence-electron chi connectivity index (χ0n) is 16.2. The summed E-state index contributed by atoms with van der Waals surface area (Å²) in [4.78, 5) is 0. The average molecular weight is 323 g/mol. The maximum Gasteiger partial charge on any atom is 0.0953 e. The van der Waals surface area contributed by atoms with Gasteiger partial charge < -0.3 is 5.11 Å². The lowest BCUT2D eigenvalue weighted by Gasteiger charge is -2.48. The molecule has 0 heterocycles. The van der Waals surface area contributed by atoms with E-state index < -0.39 is 13.3 Å². The van der Waals surface area contributed by atoms with Crippen molar-refractivity contribution in [3.8, 4) is 0 Å². The zero-order chi connectivity index (χ0) is 17.6. The molecule has 2 heteroatoms. The lowest BCUT2D eigenvalue weighted by molar-refractivity contribution is 0.151. The number of rotatable bonds is 8. The van der Waals surface area contributed by atoms with E-state index in [1.54, 1.807) is 6.08 Å². The Labute approximate surface area is 140 Å². The van der Waals surface area contributed by atoms with E-state index in [1.165, 1.54) is 11.1 Å². The van der Waals surface area contributed by atoms with Gasteiger partial charge in [0.2, 0.25) is 0 Å². The van der Waals surface area contributed by atoms with Crippen molar-refractivity contribution in [1.29, 1.82) is 0 Å². The summed E-state index contributed by atoms with van der Waals surface area (Å²) in [5.74, 6) is 0. The molecule has 0 fully saturated rings. The van der Waals surface area contributed by atoms with E-state index in [0.29, 0.717) is 0 Å². The largest absolute Gasteiger partial charge is 0.389 e. The second-order valence-electron chi connectivity index (χ2n) is 8.41. The summed E-state index contributed by atoms with van der Waals surface area (Å²) in [5, 5.41) is 10.6. The van der Waals surface area contributed by atoms with Crippen LogP contribution in [0, 0.1) is 0 Å². The van der Waals surface area contributed by atoms with Crippen molar-refractivity contribution in [2.75, 3.05) is 0 Å². The van der Waals surface area contributed by atoms with Crippen molar-refractivity contribution in [3.63, 3.8) is 0 Å². The summed E-state index contributed by atoms with van der Waals surface area (Å²) < 4.78 is 0. The smallest absolute Gasteiger partial charge is 0.0953 e. The fourth-order valence-corrected chi connectivity index (χ4v) is 5.13. The van der Waals surface area contributed by atoms with Gasteiger partial charge >= 0.3 is 0 Å². The van der Waals surface area contributed by atoms with Gasteiger partial charge in [0.1, 0.15) is 0 Å². The van der Waals surface area contributed by atoms with Gasteiger partial charge in [-0.3, -0.25) is 0 Å². The number of hydrogen-bond acceptors (Lipinski definition) is 1. The molecule has 0 aromatic rings. The lowest BCUT2D eigenvalue weighted by atomic mass is 10.1. The normalized spacial score (nSPS) is 16.1. The molecule has 0 amide bonds. The highest BCUT2D eigenvalue weighted by molar-refractivity contribution is 6.83. The maximum absolute atomic E-state index is 11.2. The summed E-state index contributed by atoms with van der Waals surface area (Å²) in [6.45, 7) is 21.7. The van der Waals surface area contributed by atoms with Crippen LogP contribution in [0.3, 0.4) is 0 Å². The van der Waals surface area contributed by atoms with Crippen molar-refractivity contribution < 1.29 is 5.11 Å². The first-order valence-corrected chi connectivity index (χ1v) is 11.5. The topological polar surface area (TPSA) is 20.2 Å². The van der Waals surface area contributed by atoms with E-state index in [0.717, 1.165) is 25.7 Å². The first kappa shape index (κ1) is 21.4. The third-order valence-electron chi connectivity index (χ3n) is 5.40. The molecule has 0 aliphatic rings. The quantitative estimate of drug-likeness (QED) is 0.403. The number of allylic oxidation sites excluding steroid dienone is 4. The third kappa shape index (κ3) is 5.89. The second kappa shape index (κ2) is 8.31. The highest BCUT2D eigenvalue weighted by Crippen LogP contribution is 2.45. The maximum atomic E-state index is 11.2. The third-order valence-corrected chi connectivity index (χ3v) is 11.8. The van der Waals surface area contributed by atoms with Crippen molar-refractivity contribution in [3.05, 3.63) is 36.0 Å². The fraction of sp³-hybridized carbons (Fsp3) is 0.700. The van der Waals surface area contributed by atoms with Crippen LogP contribution in [-0.4, -0.2) is 18.4 Å². The van der Waals surface area contributed by atoms with E-state index in [-0.39, 0.29) is 5.04 Å². The summed E-state index contributed by atoms with van der Waals surface area (Å²) >= 11 is 0. The van der Waals surface area contributed by atoms with Gasteiger partial charge in [-0.25, -0.2) is 0 Å². The monoisotopic (exact) mass is 322 g/mol. The molecule has 0 aromatic carbocycles. The molecule has 1 atom stereocenters. The van der Waals surface area contributed by atoms with Crippen molar-refractivity contribution >= 4 is 8.07 Å². The SMILES string of the molecule is C=CC(O)(CC/C=C(\C)CCC=C(C)C)[Si](C)(C)C(C)(C)C. The Morgan fingerprint density at radius 3 is 2.00 bits per heavy atom. The highest BCUT2D eigenvalue weighted by atomic mass is 28.3. The Morgan fingerprint density at radius 1 is 1.05 bits per heavy atom. The van der Waals surface area contributed by atoms with Crippen LogP contribution in [0.4, 0.5) is 0 Å². The van der Waals surface area contributed by atoms with Crippen molar-refractivity contribution in [2.45, 2.75) is 90.6 Å². The van der Waals surface area contributed by atoms with Crippen LogP contribution >= 0.6 is 0 Å². The molecule has 1 N–H and O–H groups in total. The molecule has 0 spiro atoms. The molecular formula is C20H38OSi. The zero-order valence-corrected chi connectivity index (χ0v) is 17.2. The standard InChI is InChI=1S/C20H38OSi/c1-10-20(21,22(8,9)19(5,6)7)16-12-15-18(4)14-11-13-17(2)3/h10,13,15,21H,1,11-12,14,16H2,2-9H3/b18-15+. The van der Waals surface area contributed by atoms with Crippen LogP contribution in [0.25, 0.3) is 0 Å². The van der Waals surface area contributed by atoms with Gasteiger partial charge in [-0.1, -0.05) is 63.2 Å². The predicted molar refractivity (Wildman–Crippen MR) is 104 cm³/mol. The van der Waals surface area contributed by atoms with Gasteiger partial charge in [-0.2, -0.15) is 0 Å². The van der Waals surface area contributed by atoms with E-state index in [1.807, 2.05) is 0 Å². The minimum atomic E-state index is -1.87. The minimum absolute atomic E-state index is 0.151. The molecule has 0 radical (unpaired) electrons. The Kier molecular flexibility index (Phi) is 8.08. The molecule has 0 aliphatic heterocycles. The summed E-state index contributed by atoms with van der Waals surface area (Å²) in [7, 11) is -1.87. The fourth-order valence-electron chi connectivity index (χ4n) is 2.55. The first-order chi connectivity index (χ1) is 9.87. The van der Waals surface area contributed by atoms with Gasteiger partial charge in [0.05, 0.1) is 13.3 Å². The van der Waals surface area contributed by atoms with Gasteiger partial charge in [0.15, 0.2) is 0 Å². The van der Waals surface area contributed by atoms with E-state index in [2.05, 4.69) is 73.4 Å². The molecule has 1 unspecified atom stereocenters. The van der Waals surface area contributed by atoms with E-state index in [4.69, 9.17) is 0 Å². The van der Waals surface area contributed by atoms with Crippen LogP contribution < -0.4 is 0 Å². The molecule has 0 rings (SSSR count). The summed E-state index contributed by atoms with van der Waals surface area (Å²) in [6, 6.07) is 0. The van der Waals surface area contributed by atoms with Crippen LogP contribution in [0.2, 0.25) is 18.1 Å². The van der Waals surface area contributed by atoms with Gasteiger partial charge in [0.25, 0.3) is 0 Å². The lowest BCUT2D eigenvalue weighted by Crippen LogP contribution is -2.58. The van der Waals surface area contributed by atoms with E-state index >= 15 is 0 Å². The average Bonchev–Trinajstić information content (AvgIpc) is 2.36. The minimum Gasteiger partial charge on any atom is -0.389 e. The van der Waals surface area contributed by atoms with Crippen LogP contribution in [0.15, 0.2) is 36.0 Å². The van der Waals surface area contributed by atoms with Crippen molar-refractivity contribution in [1.82, 2.24) is 0 Å². The van der Waals surface area contributed by atoms with E-state index in [9.17, 15) is 5.11 Å². The molecule has 0 saturated carbocycles. The Balaban J connectivity index is 4.77. The van der Waals surface area contributed by atoms with Gasteiger partial charge in [-0.15, -0.1) is 6.58 Å². The summed E-state index contributed by atoms with van der Waals surface area (Å²) in [6.07, 6.45) is 10.3. The predicted octanol–water partition coefficient (Wildman–Crippen LogP) is 6.42. The van der Waals surface area contributed by atoms with Gasteiger partial charge in [0, 0.05) is 0 Å². The molecule has 22 heavy (non-hydrogen) atoms. The Hall–Kier alpha value is -0.603. The Morgan fingerprint density at radius 2 is 1.59 bits per heavy atom. The Bertz CT molecular complexity index is 419. The first-order valence-electron chi connectivity index (χ1n) is 8.52. The van der Waals surface area contributed by atoms with Crippen molar-refractivity contribution in [2.24, 2.45) is 0 Å². The molecule has 0 bridgehead atoms. The number of hydrogen-bond donors (Lipinski definition) is 1. The molecular weight excluding hydrogens is 284 g/mol. The van der Waals surface area contributed by atoms with Crippen LogP contribution in [-0.2, 0) is 0 Å². The van der Waals surface area contributed by atoms with Crippen LogP contribution in [0.1, 0.15) is 67.2 Å². The van der Waals surface area contributed by atoms with Crippen LogP contribution in [0.5, 0.6) is 0 Å². The number of aliphatic hydroxyl groups is 1. The molecule has 0 aromatic heterocycles. The van der Waals surface area contributed by atoms with Gasteiger partial charge in [-0.05, 0) is 51.5 Å². The highest BCUT2D eigenvalue weighted by Gasteiger charge is 2.49. The second-order valence-corrected chi connectivity index (χ2v) is 14.0. The molecule has 0 saturated heterocycles. The molecule has 1 nitrogen and oxygen atoms in total. The molecule has 0 aliphatic carbocycles.